The summed E-state index contributed by atoms with van der Waals surface area (Å²) in [6.07, 6.45) is -0.622. The lowest BCUT2D eigenvalue weighted by molar-refractivity contribution is -0.387. The minimum atomic E-state index is -0.996. The number of nitro groups is 1. The van der Waals surface area contributed by atoms with Gasteiger partial charge in [-0.3, -0.25) is 10.1 Å². The van der Waals surface area contributed by atoms with Crippen molar-refractivity contribution >= 4 is 5.69 Å². The van der Waals surface area contributed by atoms with Crippen molar-refractivity contribution < 1.29 is 14.6 Å². The maximum atomic E-state index is 11.2. The molecule has 0 radical (unpaired) electrons. The molecule has 2 rings (SSSR count). The molecule has 2 aromatic rings. The van der Waals surface area contributed by atoms with Gasteiger partial charge in [0.1, 0.15) is 0 Å². The zero-order valence-corrected chi connectivity index (χ0v) is 12.2. The molecule has 7 heteroatoms. The molecule has 0 aliphatic rings. The zero-order chi connectivity index (χ0) is 16.3. The van der Waals surface area contributed by atoms with Gasteiger partial charge >= 0.3 is 5.69 Å². The molecular weight excluding hydrogens is 286 g/mol. The van der Waals surface area contributed by atoms with Crippen molar-refractivity contribution in [1.82, 2.24) is 5.16 Å². The van der Waals surface area contributed by atoms with Crippen LogP contribution >= 0.6 is 0 Å². The molecule has 22 heavy (non-hydrogen) atoms. The van der Waals surface area contributed by atoms with Crippen LogP contribution in [0.5, 0.6) is 0 Å². The van der Waals surface area contributed by atoms with Gasteiger partial charge in [0.15, 0.2) is 5.69 Å². The quantitative estimate of drug-likeness (QED) is 0.671. The first kappa shape index (κ1) is 15.7. The maximum Gasteiger partial charge on any atom is 0.335 e. The molecule has 1 aromatic carbocycles. The highest BCUT2D eigenvalue weighted by atomic mass is 16.6. The summed E-state index contributed by atoms with van der Waals surface area (Å²) in [4.78, 5) is 10.7. The Morgan fingerprint density at radius 2 is 2.09 bits per heavy atom. The highest BCUT2D eigenvalue weighted by molar-refractivity contribution is 5.42. The van der Waals surface area contributed by atoms with E-state index in [0.717, 1.165) is 0 Å². The highest BCUT2D eigenvalue weighted by Gasteiger charge is 2.33. The minimum absolute atomic E-state index is 0.0544. The van der Waals surface area contributed by atoms with Crippen LogP contribution in [0.4, 0.5) is 5.69 Å². The standard InChI is InChI=1S/C15H15N3O4/c1-3-12-13(18(20)21)15(22-17-12)9(2)14(19)11-6-4-10(8-16)5-7-11/h4-7,9,14,19H,3H2,1-2H3. The lowest BCUT2D eigenvalue weighted by Crippen LogP contribution is -2.09. The highest BCUT2D eigenvalue weighted by Crippen LogP contribution is 2.37. The van der Waals surface area contributed by atoms with Gasteiger partial charge in [-0.25, -0.2) is 0 Å². The number of hydrogen-bond donors (Lipinski definition) is 1. The SMILES string of the molecule is CCc1noc(C(C)C(O)c2ccc(C#N)cc2)c1[N+](=O)[O-]. The van der Waals surface area contributed by atoms with E-state index < -0.39 is 16.9 Å². The third kappa shape index (κ3) is 2.82. The van der Waals surface area contributed by atoms with Gasteiger partial charge in [-0.05, 0) is 24.1 Å². The van der Waals surface area contributed by atoms with Crippen molar-refractivity contribution in [2.45, 2.75) is 32.3 Å². The Balaban J connectivity index is 2.34. The Morgan fingerprint density at radius 3 is 2.59 bits per heavy atom. The second-order valence-electron chi connectivity index (χ2n) is 4.92. The summed E-state index contributed by atoms with van der Waals surface area (Å²) in [5.74, 6) is -0.583. The van der Waals surface area contributed by atoms with Crippen LogP contribution in [-0.2, 0) is 6.42 Å². The number of rotatable bonds is 5. The van der Waals surface area contributed by atoms with Gasteiger partial charge in [0.25, 0.3) is 0 Å². The number of aliphatic hydroxyl groups excluding tert-OH is 1. The fourth-order valence-corrected chi connectivity index (χ4v) is 2.25. The topological polar surface area (TPSA) is 113 Å². The van der Waals surface area contributed by atoms with E-state index in [1.165, 1.54) is 0 Å². The second kappa shape index (κ2) is 6.37. The second-order valence-corrected chi connectivity index (χ2v) is 4.92. The Bertz CT molecular complexity index is 715. The largest absolute Gasteiger partial charge is 0.388 e. The van der Waals surface area contributed by atoms with Crippen LogP contribution in [0, 0.1) is 21.4 Å². The van der Waals surface area contributed by atoms with E-state index >= 15 is 0 Å². The van der Waals surface area contributed by atoms with Gasteiger partial charge < -0.3 is 9.63 Å². The summed E-state index contributed by atoms with van der Waals surface area (Å²) in [5, 5.41) is 34.1. The number of benzene rings is 1. The molecule has 1 aromatic heterocycles. The zero-order valence-electron chi connectivity index (χ0n) is 12.2. The number of aliphatic hydroxyl groups is 1. The van der Waals surface area contributed by atoms with Crippen LogP contribution in [-0.4, -0.2) is 15.2 Å². The first-order valence-electron chi connectivity index (χ1n) is 6.80. The van der Waals surface area contributed by atoms with Crippen molar-refractivity contribution in [1.29, 1.82) is 5.26 Å². The first-order valence-corrected chi connectivity index (χ1v) is 6.80. The molecule has 0 aliphatic heterocycles. The van der Waals surface area contributed by atoms with E-state index in [1.54, 1.807) is 38.1 Å². The van der Waals surface area contributed by atoms with Crippen LogP contribution in [0.15, 0.2) is 28.8 Å². The van der Waals surface area contributed by atoms with Crippen LogP contribution in [0.25, 0.3) is 0 Å². The van der Waals surface area contributed by atoms with Crippen molar-refractivity contribution in [3.63, 3.8) is 0 Å². The summed E-state index contributed by atoms with van der Waals surface area (Å²) in [6, 6.07) is 8.38. The third-order valence-electron chi connectivity index (χ3n) is 3.55. The summed E-state index contributed by atoms with van der Waals surface area (Å²) in [5.41, 5.74) is 1.11. The van der Waals surface area contributed by atoms with Crippen LogP contribution < -0.4 is 0 Å². The molecule has 0 aliphatic carbocycles. The Morgan fingerprint density at radius 1 is 1.45 bits per heavy atom. The molecule has 2 atom stereocenters. The number of aromatic nitrogens is 1. The van der Waals surface area contributed by atoms with Gasteiger partial charge in [0.2, 0.25) is 5.76 Å². The predicted molar refractivity (Wildman–Crippen MR) is 77.1 cm³/mol. The number of hydrogen-bond acceptors (Lipinski definition) is 6. The Kier molecular flexibility index (Phi) is 4.53. The molecule has 0 saturated carbocycles. The van der Waals surface area contributed by atoms with Crippen molar-refractivity contribution in [2.24, 2.45) is 0 Å². The summed E-state index contributed by atoms with van der Waals surface area (Å²) in [7, 11) is 0. The lowest BCUT2D eigenvalue weighted by atomic mass is 9.93. The Labute approximate surface area is 126 Å². The molecule has 0 fully saturated rings. The summed E-state index contributed by atoms with van der Waals surface area (Å²) >= 11 is 0. The van der Waals surface area contributed by atoms with Crippen LogP contribution in [0.2, 0.25) is 0 Å². The van der Waals surface area contributed by atoms with Gasteiger partial charge in [-0.1, -0.05) is 31.1 Å². The fourth-order valence-electron chi connectivity index (χ4n) is 2.25. The van der Waals surface area contributed by atoms with Crippen LogP contribution in [0.3, 0.4) is 0 Å². The fraction of sp³-hybridized carbons (Fsp3) is 0.333. The van der Waals surface area contributed by atoms with Gasteiger partial charge in [0.05, 0.1) is 28.6 Å². The molecule has 2 unspecified atom stereocenters. The van der Waals surface area contributed by atoms with Crippen molar-refractivity contribution in [2.75, 3.05) is 0 Å². The normalized spacial score (nSPS) is 13.4. The Hall–Kier alpha value is -2.72. The van der Waals surface area contributed by atoms with E-state index in [1.807, 2.05) is 6.07 Å². The minimum Gasteiger partial charge on any atom is -0.388 e. The molecule has 0 bridgehead atoms. The van der Waals surface area contributed by atoms with E-state index in [-0.39, 0.29) is 17.1 Å². The van der Waals surface area contributed by atoms with E-state index in [9.17, 15) is 15.2 Å². The lowest BCUT2D eigenvalue weighted by Gasteiger charge is -2.16. The molecule has 0 saturated heterocycles. The van der Waals surface area contributed by atoms with Gasteiger partial charge in [-0.2, -0.15) is 5.26 Å². The predicted octanol–water partition coefficient (Wildman–Crippen LogP) is 2.85. The third-order valence-corrected chi connectivity index (χ3v) is 3.55. The molecule has 1 heterocycles. The molecule has 0 spiro atoms. The number of nitrogens with zero attached hydrogens (tertiary/aromatic N) is 3. The smallest absolute Gasteiger partial charge is 0.335 e. The molecule has 0 amide bonds. The molecule has 7 nitrogen and oxygen atoms in total. The first-order chi connectivity index (χ1) is 10.5. The van der Waals surface area contributed by atoms with E-state index in [2.05, 4.69) is 5.16 Å². The van der Waals surface area contributed by atoms with Crippen molar-refractivity contribution in [3.8, 4) is 6.07 Å². The monoisotopic (exact) mass is 301 g/mol. The summed E-state index contributed by atoms with van der Waals surface area (Å²) in [6.45, 7) is 3.38. The molecular formula is C15H15N3O4. The molecule has 1 N–H and O–H groups in total. The van der Waals surface area contributed by atoms with Gasteiger partial charge in [-0.15, -0.1) is 0 Å². The summed E-state index contributed by atoms with van der Waals surface area (Å²) < 4.78 is 5.09. The van der Waals surface area contributed by atoms with Crippen molar-refractivity contribution in [3.05, 3.63) is 57.0 Å². The average Bonchev–Trinajstić information content (AvgIpc) is 2.97. The number of aryl methyl sites for hydroxylation is 1. The van der Waals surface area contributed by atoms with Gasteiger partial charge in [0, 0.05) is 0 Å². The molecule has 114 valence electrons. The number of nitriles is 1. The van der Waals surface area contributed by atoms with Crippen LogP contribution in [0.1, 0.15) is 48.5 Å². The van der Waals surface area contributed by atoms with E-state index in [4.69, 9.17) is 9.78 Å². The average molecular weight is 301 g/mol. The maximum absolute atomic E-state index is 11.2. The van der Waals surface area contributed by atoms with E-state index in [0.29, 0.717) is 17.5 Å².